The Morgan fingerprint density at radius 3 is 1.96 bits per heavy atom. The first-order chi connectivity index (χ1) is 12.5. The minimum absolute atomic E-state index is 0.0611. The van der Waals surface area contributed by atoms with Gasteiger partial charge in [-0.3, -0.25) is 9.59 Å². The van der Waals surface area contributed by atoms with Gasteiger partial charge in [0.15, 0.2) is 11.6 Å². The van der Waals surface area contributed by atoms with Crippen molar-refractivity contribution in [3.05, 3.63) is 58.7 Å². The molecule has 1 aliphatic carbocycles. The summed E-state index contributed by atoms with van der Waals surface area (Å²) in [5.74, 6) is -1.37. The van der Waals surface area contributed by atoms with Crippen LogP contribution >= 0.6 is 0 Å². The molecule has 0 spiro atoms. The number of benzene rings is 2. The quantitative estimate of drug-likeness (QED) is 0.510. The van der Waals surface area contributed by atoms with Crippen molar-refractivity contribution in [3.8, 4) is 11.5 Å². The molecule has 0 amide bonds. The van der Waals surface area contributed by atoms with E-state index in [1.165, 1.54) is 18.2 Å². The van der Waals surface area contributed by atoms with Crippen LogP contribution in [-0.4, -0.2) is 38.1 Å². The number of fused-ring (bicyclic) bond motifs is 2. The average Bonchev–Trinajstić information content (AvgIpc) is 2.65. The molecule has 132 valence electrons. The largest absolute Gasteiger partial charge is 0.513 e. The van der Waals surface area contributed by atoms with Crippen LogP contribution in [0.25, 0.3) is 0 Å². The predicted molar refractivity (Wildman–Crippen MR) is 85.8 cm³/mol. The lowest BCUT2D eigenvalue weighted by molar-refractivity contribution is 0.0969. The van der Waals surface area contributed by atoms with Crippen molar-refractivity contribution in [1.82, 2.24) is 0 Å². The first kappa shape index (κ1) is 17.2. The molecule has 0 saturated carbocycles. The van der Waals surface area contributed by atoms with Crippen molar-refractivity contribution in [3.63, 3.8) is 0 Å². The number of ketones is 2. The standard InChI is InChI=1S/C18H12O8/c1-23-17(21)25-9-7-12-14(13(8-9)26-18(22)24-2)16(20)11-6-4-3-5-10(11)15(12)19/h3-8H,1-2H3. The first-order valence-electron chi connectivity index (χ1n) is 7.34. The van der Waals surface area contributed by atoms with Crippen LogP contribution in [0.4, 0.5) is 9.59 Å². The Bertz CT molecular complexity index is 944. The summed E-state index contributed by atoms with van der Waals surface area (Å²) in [6.07, 6.45) is -2.13. The Kier molecular flexibility index (Phi) is 4.40. The van der Waals surface area contributed by atoms with Gasteiger partial charge in [-0.25, -0.2) is 9.59 Å². The summed E-state index contributed by atoms with van der Waals surface area (Å²) in [6, 6.07) is 8.59. The molecule has 0 aromatic heterocycles. The van der Waals surface area contributed by atoms with Gasteiger partial charge in [0.1, 0.15) is 11.5 Å². The van der Waals surface area contributed by atoms with E-state index >= 15 is 0 Å². The van der Waals surface area contributed by atoms with Gasteiger partial charge in [-0.05, 0) is 6.07 Å². The summed E-state index contributed by atoms with van der Waals surface area (Å²) in [4.78, 5) is 48.5. The summed E-state index contributed by atoms with van der Waals surface area (Å²) in [6.45, 7) is 0. The van der Waals surface area contributed by atoms with Crippen molar-refractivity contribution in [1.29, 1.82) is 0 Å². The lowest BCUT2D eigenvalue weighted by atomic mass is 9.83. The summed E-state index contributed by atoms with van der Waals surface area (Å²) >= 11 is 0. The zero-order chi connectivity index (χ0) is 18.8. The Morgan fingerprint density at radius 2 is 1.35 bits per heavy atom. The Hall–Kier alpha value is -3.68. The Balaban J connectivity index is 2.19. The molecule has 8 nitrogen and oxygen atoms in total. The number of carbonyl (C=O) groups excluding carboxylic acids is 4. The number of hydrogen-bond donors (Lipinski definition) is 0. The van der Waals surface area contributed by atoms with Crippen molar-refractivity contribution >= 4 is 23.9 Å². The topological polar surface area (TPSA) is 105 Å². The van der Waals surface area contributed by atoms with Crippen LogP contribution in [0, 0.1) is 0 Å². The molecular weight excluding hydrogens is 344 g/mol. The number of rotatable bonds is 2. The summed E-state index contributed by atoms with van der Waals surface area (Å²) < 4.78 is 18.7. The van der Waals surface area contributed by atoms with Gasteiger partial charge in [0.25, 0.3) is 0 Å². The van der Waals surface area contributed by atoms with Gasteiger partial charge in [0, 0.05) is 22.8 Å². The molecule has 0 saturated heterocycles. The SMILES string of the molecule is COC(=O)Oc1cc(OC(=O)OC)c2c(c1)C(=O)c1ccccc1C2=O. The summed E-state index contributed by atoms with van der Waals surface area (Å²) in [5, 5.41) is 0. The fraction of sp³-hybridized carbons (Fsp3) is 0.111. The normalized spacial score (nSPS) is 11.9. The molecule has 0 fully saturated rings. The van der Waals surface area contributed by atoms with Gasteiger partial charge in [0.05, 0.1) is 19.8 Å². The highest BCUT2D eigenvalue weighted by Gasteiger charge is 2.34. The third-order valence-electron chi connectivity index (χ3n) is 3.69. The van der Waals surface area contributed by atoms with Gasteiger partial charge in [-0.15, -0.1) is 0 Å². The fourth-order valence-corrected chi connectivity index (χ4v) is 2.57. The van der Waals surface area contributed by atoms with Crippen molar-refractivity contribution in [2.45, 2.75) is 0 Å². The van der Waals surface area contributed by atoms with Crippen LogP contribution in [0.2, 0.25) is 0 Å². The second kappa shape index (κ2) is 6.67. The number of methoxy groups -OCH3 is 2. The van der Waals surface area contributed by atoms with E-state index in [0.29, 0.717) is 0 Å². The second-order valence-electron chi connectivity index (χ2n) is 5.16. The van der Waals surface area contributed by atoms with Gasteiger partial charge in [-0.1, -0.05) is 24.3 Å². The Labute approximate surface area is 147 Å². The highest BCUT2D eigenvalue weighted by molar-refractivity contribution is 6.29. The van der Waals surface area contributed by atoms with Crippen LogP contribution in [0.1, 0.15) is 31.8 Å². The second-order valence-corrected chi connectivity index (χ2v) is 5.16. The highest BCUT2D eigenvalue weighted by Crippen LogP contribution is 2.37. The lowest BCUT2D eigenvalue weighted by Crippen LogP contribution is -2.23. The third kappa shape index (κ3) is 2.88. The summed E-state index contributed by atoms with van der Waals surface area (Å²) in [5.41, 5.74) is 0.205. The highest BCUT2D eigenvalue weighted by atomic mass is 16.7. The minimum Gasteiger partial charge on any atom is -0.437 e. The van der Waals surface area contributed by atoms with Crippen LogP contribution in [0.3, 0.4) is 0 Å². The molecular formula is C18H12O8. The number of ether oxygens (including phenoxy) is 4. The monoisotopic (exact) mass is 356 g/mol. The molecule has 0 N–H and O–H groups in total. The minimum atomic E-state index is -1.10. The molecule has 2 aromatic rings. The maximum Gasteiger partial charge on any atom is 0.513 e. The third-order valence-corrected chi connectivity index (χ3v) is 3.69. The van der Waals surface area contributed by atoms with E-state index in [-0.39, 0.29) is 33.8 Å². The molecule has 26 heavy (non-hydrogen) atoms. The predicted octanol–water partition coefficient (Wildman–Crippen LogP) is 2.75. The molecule has 3 rings (SSSR count). The van der Waals surface area contributed by atoms with Crippen molar-refractivity contribution < 1.29 is 38.1 Å². The molecule has 0 heterocycles. The summed E-state index contributed by atoms with van der Waals surface area (Å²) in [7, 11) is 2.20. The molecule has 1 aliphatic rings. The number of carbonyl (C=O) groups is 4. The van der Waals surface area contributed by atoms with E-state index < -0.39 is 23.9 Å². The average molecular weight is 356 g/mol. The van der Waals surface area contributed by atoms with Crippen molar-refractivity contribution in [2.75, 3.05) is 14.2 Å². The lowest BCUT2D eigenvalue weighted by Gasteiger charge is -2.20. The number of hydrogen-bond acceptors (Lipinski definition) is 8. The van der Waals surface area contributed by atoms with Crippen LogP contribution < -0.4 is 9.47 Å². The van der Waals surface area contributed by atoms with E-state index in [2.05, 4.69) is 9.47 Å². The first-order valence-corrected chi connectivity index (χ1v) is 7.34. The fourth-order valence-electron chi connectivity index (χ4n) is 2.57. The zero-order valence-electron chi connectivity index (χ0n) is 13.7. The van der Waals surface area contributed by atoms with E-state index in [1.54, 1.807) is 12.1 Å². The van der Waals surface area contributed by atoms with Gasteiger partial charge >= 0.3 is 12.3 Å². The zero-order valence-corrected chi connectivity index (χ0v) is 13.7. The smallest absolute Gasteiger partial charge is 0.437 e. The molecule has 0 atom stereocenters. The van der Waals surface area contributed by atoms with Crippen LogP contribution in [0.5, 0.6) is 11.5 Å². The van der Waals surface area contributed by atoms with Crippen molar-refractivity contribution in [2.24, 2.45) is 0 Å². The van der Waals surface area contributed by atoms with Gasteiger partial charge in [-0.2, -0.15) is 0 Å². The van der Waals surface area contributed by atoms with Gasteiger partial charge in [0.2, 0.25) is 0 Å². The Morgan fingerprint density at radius 1 is 0.769 bits per heavy atom. The van der Waals surface area contributed by atoms with Crippen LogP contribution in [0.15, 0.2) is 36.4 Å². The molecule has 0 radical (unpaired) electrons. The van der Waals surface area contributed by atoms with Crippen LogP contribution in [-0.2, 0) is 9.47 Å². The van der Waals surface area contributed by atoms with E-state index in [4.69, 9.17) is 9.47 Å². The van der Waals surface area contributed by atoms with E-state index in [1.807, 2.05) is 0 Å². The molecule has 2 aromatic carbocycles. The van der Waals surface area contributed by atoms with E-state index in [9.17, 15) is 19.2 Å². The molecule has 0 aliphatic heterocycles. The molecule has 0 unspecified atom stereocenters. The maximum atomic E-state index is 12.8. The van der Waals surface area contributed by atoms with Gasteiger partial charge < -0.3 is 18.9 Å². The van der Waals surface area contributed by atoms with E-state index in [0.717, 1.165) is 20.3 Å². The maximum absolute atomic E-state index is 12.8. The molecule has 8 heteroatoms. The molecule has 0 bridgehead atoms.